The molecule has 0 heterocycles. The summed E-state index contributed by atoms with van der Waals surface area (Å²) in [7, 11) is 0. The molecule has 0 aliphatic carbocycles. The van der Waals surface area contributed by atoms with E-state index in [-0.39, 0.29) is 17.5 Å². The van der Waals surface area contributed by atoms with E-state index >= 15 is 0 Å². The molecule has 0 spiro atoms. The highest BCUT2D eigenvalue weighted by Gasteiger charge is 2.27. The molecule has 0 radical (unpaired) electrons. The van der Waals surface area contributed by atoms with Crippen molar-refractivity contribution in [2.24, 2.45) is 5.92 Å². The van der Waals surface area contributed by atoms with Crippen LogP contribution in [0.2, 0.25) is 0 Å². The first-order chi connectivity index (χ1) is 6.31. The third-order valence-corrected chi connectivity index (χ3v) is 3.31. The Labute approximate surface area is 96.1 Å². The first kappa shape index (κ1) is 14.6. The van der Waals surface area contributed by atoms with Crippen molar-refractivity contribution in [3.8, 4) is 0 Å². The van der Waals surface area contributed by atoms with Gasteiger partial charge >= 0.3 is 5.51 Å². The Hall–Kier alpha value is 0.620. The molecule has 0 nitrogen and oxygen atoms in total. The average molecular weight is 293 g/mol. The van der Waals surface area contributed by atoms with Crippen molar-refractivity contribution in [1.82, 2.24) is 0 Å². The van der Waals surface area contributed by atoms with E-state index in [0.29, 0.717) is 17.2 Å². The fourth-order valence-electron chi connectivity index (χ4n) is 1.12. The van der Waals surface area contributed by atoms with Crippen molar-refractivity contribution in [2.45, 2.75) is 43.4 Å². The fraction of sp³-hybridized carbons (Fsp3) is 1.00. The molecule has 0 aromatic rings. The maximum absolute atomic E-state index is 11.7. The highest BCUT2D eigenvalue weighted by Crippen LogP contribution is 2.31. The maximum Gasteiger partial charge on any atom is 0.441 e. The van der Waals surface area contributed by atoms with E-state index in [1.54, 1.807) is 0 Å². The zero-order valence-corrected chi connectivity index (χ0v) is 10.8. The zero-order valence-electron chi connectivity index (χ0n) is 8.40. The minimum atomic E-state index is -4.07. The van der Waals surface area contributed by atoms with E-state index in [2.05, 4.69) is 29.8 Å². The quantitative estimate of drug-likeness (QED) is 0.499. The van der Waals surface area contributed by atoms with Crippen LogP contribution in [0.1, 0.15) is 33.1 Å². The first-order valence-electron chi connectivity index (χ1n) is 4.66. The van der Waals surface area contributed by atoms with E-state index in [9.17, 15) is 13.2 Å². The molecule has 86 valence electrons. The van der Waals surface area contributed by atoms with Crippen LogP contribution in [0.3, 0.4) is 0 Å². The van der Waals surface area contributed by atoms with Crippen LogP contribution in [0.4, 0.5) is 13.2 Å². The molecule has 0 aliphatic rings. The Kier molecular flexibility index (Phi) is 7.30. The summed E-state index contributed by atoms with van der Waals surface area (Å²) < 4.78 is 35.2. The van der Waals surface area contributed by atoms with E-state index in [0.717, 1.165) is 12.8 Å². The highest BCUT2D eigenvalue weighted by molar-refractivity contribution is 9.09. The monoisotopic (exact) mass is 292 g/mol. The van der Waals surface area contributed by atoms with Crippen LogP contribution < -0.4 is 0 Å². The van der Waals surface area contributed by atoms with Crippen LogP contribution in [-0.4, -0.2) is 16.1 Å². The van der Waals surface area contributed by atoms with Crippen LogP contribution >= 0.6 is 27.7 Å². The first-order valence-corrected chi connectivity index (χ1v) is 6.56. The second-order valence-electron chi connectivity index (χ2n) is 3.66. The molecule has 14 heavy (non-hydrogen) atoms. The summed E-state index contributed by atoms with van der Waals surface area (Å²) in [4.78, 5) is 0.358. The molecule has 0 amide bonds. The normalized spacial score (nSPS) is 14.8. The Morgan fingerprint density at radius 1 is 1.29 bits per heavy atom. The molecular formula is C9H16BrF3S. The van der Waals surface area contributed by atoms with Gasteiger partial charge in [-0.1, -0.05) is 41.5 Å². The third kappa shape index (κ3) is 10.7. The number of rotatable bonds is 6. The number of halogens is 4. The standard InChI is InChI=1S/C9H16BrF3S/c1-7(2)6-8(10)4-3-5-14-9(11,12)13/h7-8H,3-6H2,1-2H3. The van der Waals surface area contributed by atoms with E-state index in [1.165, 1.54) is 0 Å². The number of hydrogen-bond donors (Lipinski definition) is 0. The average Bonchev–Trinajstić information content (AvgIpc) is 1.95. The molecular weight excluding hydrogens is 277 g/mol. The van der Waals surface area contributed by atoms with Crippen LogP contribution in [-0.2, 0) is 0 Å². The molecule has 0 fully saturated rings. The summed E-state index contributed by atoms with van der Waals surface area (Å²) in [6.07, 6.45) is 2.46. The summed E-state index contributed by atoms with van der Waals surface area (Å²) in [5.74, 6) is 0.763. The van der Waals surface area contributed by atoms with Crippen molar-refractivity contribution in [3.05, 3.63) is 0 Å². The largest absolute Gasteiger partial charge is 0.441 e. The zero-order chi connectivity index (χ0) is 11.2. The lowest BCUT2D eigenvalue weighted by Crippen LogP contribution is -2.05. The maximum atomic E-state index is 11.7. The molecule has 5 heteroatoms. The van der Waals surface area contributed by atoms with Crippen LogP contribution in [0.15, 0.2) is 0 Å². The predicted molar refractivity (Wildman–Crippen MR) is 59.9 cm³/mol. The van der Waals surface area contributed by atoms with Gasteiger partial charge in [0.25, 0.3) is 0 Å². The lowest BCUT2D eigenvalue weighted by molar-refractivity contribution is -0.0328. The van der Waals surface area contributed by atoms with E-state index in [1.807, 2.05) is 0 Å². The Balaban J connectivity index is 3.36. The van der Waals surface area contributed by atoms with Gasteiger partial charge < -0.3 is 0 Å². The topological polar surface area (TPSA) is 0 Å². The Morgan fingerprint density at radius 3 is 2.29 bits per heavy atom. The highest BCUT2D eigenvalue weighted by atomic mass is 79.9. The molecule has 1 atom stereocenters. The lowest BCUT2D eigenvalue weighted by Gasteiger charge is -2.12. The smallest absolute Gasteiger partial charge is 0.160 e. The SMILES string of the molecule is CC(C)CC(Br)CCCSC(F)(F)F. The Morgan fingerprint density at radius 2 is 1.86 bits per heavy atom. The second kappa shape index (κ2) is 6.99. The minimum Gasteiger partial charge on any atom is -0.160 e. The van der Waals surface area contributed by atoms with Gasteiger partial charge in [0.05, 0.1) is 0 Å². The Bertz CT molecular complexity index is 147. The van der Waals surface area contributed by atoms with Crippen LogP contribution in [0.5, 0.6) is 0 Å². The van der Waals surface area contributed by atoms with Crippen molar-refractivity contribution >= 4 is 27.7 Å². The van der Waals surface area contributed by atoms with Gasteiger partial charge in [-0.25, -0.2) is 0 Å². The van der Waals surface area contributed by atoms with Gasteiger partial charge in [0, 0.05) is 10.6 Å². The van der Waals surface area contributed by atoms with E-state index < -0.39 is 5.51 Å². The second-order valence-corrected chi connectivity index (χ2v) is 6.12. The molecule has 1 unspecified atom stereocenters. The van der Waals surface area contributed by atoms with Gasteiger partial charge in [0.1, 0.15) is 0 Å². The molecule has 0 rings (SSSR count). The predicted octanol–water partition coefficient (Wildman–Crippen LogP) is 4.83. The lowest BCUT2D eigenvalue weighted by atomic mass is 10.1. The molecule has 0 bridgehead atoms. The molecule has 0 saturated carbocycles. The molecule has 0 saturated heterocycles. The van der Waals surface area contributed by atoms with Crippen molar-refractivity contribution in [2.75, 3.05) is 5.75 Å². The summed E-state index contributed by atoms with van der Waals surface area (Å²) in [6.45, 7) is 4.22. The van der Waals surface area contributed by atoms with Crippen molar-refractivity contribution in [3.63, 3.8) is 0 Å². The number of thioether (sulfide) groups is 1. The van der Waals surface area contributed by atoms with Gasteiger partial charge in [-0.05, 0) is 25.2 Å². The van der Waals surface area contributed by atoms with E-state index in [4.69, 9.17) is 0 Å². The van der Waals surface area contributed by atoms with Gasteiger partial charge in [-0.15, -0.1) is 0 Å². The number of alkyl halides is 4. The third-order valence-electron chi connectivity index (χ3n) is 1.65. The summed E-state index contributed by atoms with van der Waals surface area (Å²) >= 11 is 3.54. The molecule has 0 aliphatic heterocycles. The van der Waals surface area contributed by atoms with Crippen LogP contribution in [0.25, 0.3) is 0 Å². The van der Waals surface area contributed by atoms with Gasteiger partial charge in [0.15, 0.2) is 0 Å². The minimum absolute atomic E-state index is 0.0736. The molecule has 0 aromatic heterocycles. The molecule has 0 N–H and O–H groups in total. The summed E-state index contributed by atoms with van der Waals surface area (Å²) in [5.41, 5.74) is -4.07. The fourth-order valence-corrected chi connectivity index (χ4v) is 2.74. The van der Waals surface area contributed by atoms with Gasteiger partial charge in [0.2, 0.25) is 0 Å². The van der Waals surface area contributed by atoms with Crippen molar-refractivity contribution in [1.29, 1.82) is 0 Å². The van der Waals surface area contributed by atoms with Crippen LogP contribution in [0, 0.1) is 5.92 Å². The van der Waals surface area contributed by atoms with Crippen molar-refractivity contribution < 1.29 is 13.2 Å². The summed E-state index contributed by atoms with van der Waals surface area (Å²) in [6, 6.07) is 0. The number of hydrogen-bond acceptors (Lipinski definition) is 1. The summed E-state index contributed by atoms with van der Waals surface area (Å²) in [5, 5.41) is 0. The molecule has 0 aromatic carbocycles. The van der Waals surface area contributed by atoms with Gasteiger partial charge in [-0.3, -0.25) is 0 Å². The van der Waals surface area contributed by atoms with Gasteiger partial charge in [-0.2, -0.15) is 13.2 Å².